The van der Waals surface area contributed by atoms with E-state index in [1.54, 1.807) is 24.3 Å². The van der Waals surface area contributed by atoms with Crippen LogP contribution in [0.2, 0.25) is 0 Å². The highest BCUT2D eigenvalue weighted by Gasteiger charge is 2.02. The summed E-state index contributed by atoms with van der Waals surface area (Å²) in [5.74, 6) is 4.86. The lowest BCUT2D eigenvalue weighted by molar-refractivity contribution is -0.118. The number of ether oxygens (including phenoxy) is 1. The van der Waals surface area contributed by atoms with E-state index in [9.17, 15) is 13.6 Å². The van der Waals surface area contributed by atoms with Crippen LogP contribution >= 0.6 is 11.8 Å². The van der Waals surface area contributed by atoms with Crippen molar-refractivity contribution in [3.8, 4) is 17.6 Å². The summed E-state index contributed by atoms with van der Waals surface area (Å²) in [7, 11) is 0. The van der Waals surface area contributed by atoms with E-state index in [1.165, 1.54) is 36.0 Å². The standard InChI is InChI=1S/C18H15F2NO2S/c19-14-7-9-15(10-8-14)24-13-18(22)21-11-3-4-12-23-17-6-2-1-5-16(17)20/h1-2,5-10H,11-13H2,(H,21,22). The van der Waals surface area contributed by atoms with Crippen LogP contribution in [0, 0.1) is 23.5 Å². The van der Waals surface area contributed by atoms with Gasteiger partial charge in [-0.05, 0) is 36.4 Å². The molecule has 0 bridgehead atoms. The molecule has 1 amide bonds. The molecule has 124 valence electrons. The monoisotopic (exact) mass is 347 g/mol. The van der Waals surface area contributed by atoms with E-state index < -0.39 is 5.82 Å². The number of nitrogens with one attached hydrogen (secondary N) is 1. The lowest BCUT2D eigenvalue weighted by Crippen LogP contribution is -2.25. The van der Waals surface area contributed by atoms with Crippen molar-refractivity contribution >= 4 is 17.7 Å². The van der Waals surface area contributed by atoms with Gasteiger partial charge in [-0.1, -0.05) is 24.0 Å². The predicted octanol–water partition coefficient (Wildman–Crippen LogP) is 3.26. The lowest BCUT2D eigenvalue weighted by Gasteiger charge is -2.03. The quantitative estimate of drug-likeness (QED) is 0.644. The number of rotatable bonds is 6. The fourth-order valence-electron chi connectivity index (χ4n) is 1.66. The number of amides is 1. The highest BCUT2D eigenvalue weighted by molar-refractivity contribution is 8.00. The molecule has 0 radical (unpaired) electrons. The van der Waals surface area contributed by atoms with Crippen LogP contribution in [0.15, 0.2) is 53.4 Å². The minimum absolute atomic E-state index is 0.0428. The second-order valence-corrected chi connectivity index (χ2v) is 5.64. The van der Waals surface area contributed by atoms with Crippen molar-refractivity contribution in [3.63, 3.8) is 0 Å². The maximum atomic E-state index is 13.3. The highest BCUT2D eigenvalue weighted by Crippen LogP contribution is 2.17. The number of carbonyl (C=O) groups is 1. The smallest absolute Gasteiger partial charge is 0.231 e. The van der Waals surface area contributed by atoms with Gasteiger partial charge in [-0.15, -0.1) is 11.8 Å². The third kappa shape index (κ3) is 6.31. The third-order valence-electron chi connectivity index (χ3n) is 2.82. The number of para-hydroxylation sites is 1. The topological polar surface area (TPSA) is 38.3 Å². The molecule has 0 saturated carbocycles. The SMILES string of the molecule is O=C(CSc1ccc(F)cc1)NCC#CCOc1ccccc1F. The lowest BCUT2D eigenvalue weighted by atomic mass is 10.3. The maximum Gasteiger partial charge on any atom is 0.231 e. The van der Waals surface area contributed by atoms with Crippen molar-refractivity contribution in [1.82, 2.24) is 5.32 Å². The van der Waals surface area contributed by atoms with E-state index in [4.69, 9.17) is 4.74 Å². The first-order valence-corrected chi connectivity index (χ1v) is 8.12. The van der Waals surface area contributed by atoms with Gasteiger partial charge in [-0.25, -0.2) is 8.78 Å². The highest BCUT2D eigenvalue weighted by atomic mass is 32.2. The Morgan fingerprint density at radius 2 is 1.83 bits per heavy atom. The normalized spacial score (nSPS) is 9.75. The summed E-state index contributed by atoms with van der Waals surface area (Å²) >= 11 is 1.31. The summed E-state index contributed by atoms with van der Waals surface area (Å²) in [5, 5.41) is 2.64. The van der Waals surface area contributed by atoms with E-state index in [1.807, 2.05) is 0 Å². The summed E-state index contributed by atoms with van der Waals surface area (Å²) in [6.45, 7) is 0.227. The van der Waals surface area contributed by atoms with Gasteiger partial charge in [0.15, 0.2) is 11.6 Å². The molecular formula is C18H15F2NO2S. The Morgan fingerprint density at radius 3 is 2.58 bits per heavy atom. The number of halogens is 2. The van der Waals surface area contributed by atoms with Crippen LogP contribution in [0.1, 0.15) is 0 Å². The van der Waals surface area contributed by atoms with Crippen LogP contribution in [0.3, 0.4) is 0 Å². The molecule has 3 nitrogen and oxygen atoms in total. The molecular weight excluding hydrogens is 332 g/mol. The zero-order valence-corrected chi connectivity index (χ0v) is 13.5. The molecule has 2 rings (SSSR count). The number of hydrogen-bond acceptors (Lipinski definition) is 3. The second kappa shape index (κ2) is 9.58. The molecule has 0 aliphatic carbocycles. The number of benzene rings is 2. The van der Waals surface area contributed by atoms with Crippen LogP contribution in [0.5, 0.6) is 5.75 Å². The number of hydrogen-bond donors (Lipinski definition) is 1. The molecule has 2 aromatic carbocycles. The maximum absolute atomic E-state index is 13.3. The van der Waals surface area contributed by atoms with E-state index in [0.29, 0.717) is 0 Å². The number of thioether (sulfide) groups is 1. The third-order valence-corrected chi connectivity index (χ3v) is 3.83. The van der Waals surface area contributed by atoms with Crippen molar-refractivity contribution < 1.29 is 18.3 Å². The molecule has 0 aromatic heterocycles. The van der Waals surface area contributed by atoms with Crippen molar-refractivity contribution in [2.75, 3.05) is 18.9 Å². The van der Waals surface area contributed by atoms with Crippen molar-refractivity contribution in [2.45, 2.75) is 4.90 Å². The van der Waals surface area contributed by atoms with E-state index in [0.717, 1.165) is 4.90 Å². The van der Waals surface area contributed by atoms with Crippen LogP contribution in [-0.2, 0) is 4.79 Å². The van der Waals surface area contributed by atoms with Gasteiger partial charge in [0.25, 0.3) is 0 Å². The minimum Gasteiger partial charge on any atom is -0.478 e. The van der Waals surface area contributed by atoms with Crippen molar-refractivity contribution in [2.24, 2.45) is 0 Å². The minimum atomic E-state index is -0.439. The Labute approximate surface area is 143 Å². The molecule has 0 saturated heterocycles. The Kier molecular flexibility index (Phi) is 7.12. The molecule has 0 aliphatic heterocycles. The molecule has 0 atom stereocenters. The Bertz CT molecular complexity index is 739. The average molecular weight is 347 g/mol. The van der Waals surface area contributed by atoms with Crippen LogP contribution < -0.4 is 10.1 Å². The Hall–Kier alpha value is -2.52. The molecule has 24 heavy (non-hydrogen) atoms. The van der Waals surface area contributed by atoms with Gasteiger partial charge >= 0.3 is 0 Å². The molecule has 0 aliphatic rings. The molecule has 0 unspecified atom stereocenters. The van der Waals surface area contributed by atoms with Crippen LogP contribution in [0.25, 0.3) is 0 Å². The first kappa shape index (κ1) is 17.8. The van der Waals surface area contributed by atoms with E-state index in [2.05, 4.69) is 17.2 Å². The summed E-state index contributed by atoms with van der Waals surface area (Å²) in [5.41, 5.74) is 0. The van der Waals surface area contributed by atoms with Crippen molar-refractivity contribution in [1.29, 1.82) is 0 Å². The predicted molar refractivity (Wildman–Crippen MR) is 89.8 cm³/mol. The molecule has 2 aromatic rings. The van der Waals surface area contributed by atoms with Gasteiger partial charge < -0.3 is 10.1 Å². The average Bonchev–Trinajstić information content (AvgIpc) is 2.59. The van der Waals surface area contributed by atoms with E-state index in [-0.39, 0.29) is 36.4 Å². The second-order valence-electron chi connectivity index (χ2n) is 4.59. The molecule has 0 fully saturated rings. The van der Waals surface area contributed by atoms with Crippen LogP contribution in [-0.4, -0.2) is 24.8 Å². The van der Waals surface area contributed by atoms with Gasteiger partial charge in [-0.2, -0.15) is 0 Å². The Balaban J connectivity index is 1.62. The van der Waals surface area contributed by atoms with Gasteiger partial charge in [0.1, 0.15) is 12.4 Å². The van der Waals surface area contributed by atoms with Gasteiger partial charge in [-0.3, -0.25) is 4.79 Å². The summed E-state index contributed by atoms with van der Waals surface area (Å²) in [6.07, 6.45) is 0. The molecule has 0 heterocycles. The van der Waals surface area contributed by atoms with Gasteiger partial charge in [0, 0.05) is 4.90 Å². The molecule has 0 spiro atoms. The largest absolute Gasteiger partial charge is 0.478 e. The first-order chi connectivity index (χ1) is 11.6. The number of carbonyl (C=O) groups excluding carboxylic acids is 1. The Morgan fingerprint density at radius 1 is 1.08 bits per heavy atom. The van der Waals surface area contributed by atoms with Crippen LogP contribution in [0.4, 0.5) is 8.78 Å². The summed E-state index contributed by atoms with van der Waals surface area (Å²) in [6, 6.07) is 12.0. The fraction of sp³-hybridized carbons (Fsp3) is 0.167. The summed E-state index contributed by atoms with van der Waals surface area (Å²) < 4.78 is 31.2. The molecule has 1 N–H and O–H groups in total. The zero-order chi connectivity index (χ0) is 17.2. The zero-order valence-electron chi connectivity index (χ0n) is 12.7. The van der Waals surface area contributed by atoms with Gasteiger partial charge in [0.05, 0.1) is 12.3 Å². The molecule has 6 heteroatoms. The van der Waals surface area contributed by atoms with Crippen molar-refractivity contribution in [3.05, 3.63) is 60.2 Å². The first-order valence-electron chi connectivity index (χ1n) is 7.13. The summed E-state index contributed by atoms with van der Waals surface area (Å²) in [4.78, 5) is 12.4. The van der Waals surface area contributed by atoms with Gasteiger partial charge in [0.2, 0.25) is 5.91 Å². The van der Waals surface area contributed by atoms with E-state index >= 15 is 0 Å². The fourth-order valence-corrected chi connectivity index (χ4v) is 2.39.